The number of nitrogens with one attached hydrogen (secondary N) is 1. The van der Waals surface area contributed by atoms with E-state index in [2.05, 4.69) is 17.3 Å². The van der Waals surface area contributed by atoms with E-state index in [4.69, 9.17) is 9.15 Å². The Balaban J connectivity index is 1.69. The molecule has 0 bridgehead atoms. The molecule has 1 atom stereocenters. The van der Waals surface area contributed by atoms with Gasteiger partial charge in [-0.25, -0.2) is 0 Å². The van der Waals surface area contributed by atoms with Gasteiger partial charge in [0.1, 0.15) is 11.9 Å². The molecular formula is C14H21N3O2. The number of hydrogen-bond donors (Lipinski definition) is 1. The number of aryl methyl sites for hydroxylation is 1. The van der Waals surface area contributed by atoms with Gasteiger partial charge in [-0.2, -0.15) is 5.10 Å². The minimum atomic E-state index is 0.0919. The molecule has 0 aliphatic heterocycles. The molecule has 5 heteroatoms. The largest absolute Gasteiger partial charge is 0.486 e. The molecule has 19 heavy (non-hydrogen) atoms. The molecule has 2 heterocycles. The highest BCUT2D eigenvalue weighted by molar-refractivity contribution is 5.12. The number of furan rings is 1. The second kappa shape index (κ2) is 6.99. The molecule has 0 aliphatic rings. The first kappa shape index (κ1) is 13.7. The second-order valence-electron chi connectivity index (χ2n) is 4.58. The first-order chi connectivity index (χ1) is 9.28. The summed E-state index contributed by atoms with van der Waals surface area (Å²) in [5.41, 5.74) is 0. The van der Waals surface area contributed by atoms with Gasteiger partial charge in [0.15, 0.2) is 5.75 Å². The Hall–Kier alpha value is -1.75. The van der Waals surface area contributed by atoms with Gasteiger partial charge in [-0.3, -0.25) is 4.68 Å². The van der Waals surface area contributed by atoms with Crippen LogP contribution in [0, 0.1) is 0 Å². The normalized spacial score (nSPS) is 12.5. The summed E-state index contributed by atoms with van der Waals surface area (Å²) in [6.07, 6.45) is 6.54. The van der Waals surface area contributed by atoms with Crippen molar-refractivity contribution in [3.63, 3.8) is 0 Å². The summed E-state index contributed by atoms with van der Waals surface area (Å²) in [4.78, 5) is 0. The molecule has 0 fully saturated rings. The van der Waals surface area contributed by atoms with E-state index in [1.165, 1.54) is 0 Å². The molecule has 0 spiro atoms. The van der Waals surface area contributed by atoms with Gasteiger partial charge in [0.05, 0.1) is 25.2 Å². The van der Waals surface area contributed by atoms with Crippen LogP contribution in [0.3, 0.4) is 0 Å². The number of aromatic nitrogens is 2. The summed E-state index contributed by atoms with van der Waals surface area (Å²) in [6.45, 7) is 6.57. The first-order valence-electron chi connectivity index (χ1n) is 6.70. The molecule has 2 aromatic heterocycles. The van der Waals surface area contributed by atoms with Crippen LogP contribution in [0.2, 0.25) is 0 Å². The summed E-state index contributed by atoms with van der Waals surface area (Å²) in [5, 5.41) is 7.53. The SMILES string of the molecule is CCCn1cc(OC(C)CNCc2ccco2)cn1. The Bertz CT molecular complexity index is 465. The summed E-state index contributed by atoms with van der Waals surface area (Å²) in [7, 11) is 0. The number of rotatable bonds is 8. The minimum absolute atomic E-state index is 0.0919. The fourth-order valence-corrected chi connectivity index (χ4v) is 1.84. The Morgan fingerprint density at radius 2 is 2.42 bits per heavy atom. The third kappa shape index (κ3) is 4.44. The number of ether oxygens (including phenoxy) is 1. The molecule has 1 N–H and O–H groups in total. The molecule has 0 aromatic carbocycles. The molecule has 5 nitrogen and oxygen atoms in total. The van der Waals surface area contributed by atoms with Gasteiger partial charge in [0.2, 0.25) is 0 Å². The van der Waals surface area contributed by atoms with Gasteiger partial charge in [0.25, 0.3) is 0 Å². The molecule has 2 rings (SSSR count). The van der Waals surface area contributed by atoms with Crippen LogP contribution in [0.25, 0.3) is 0 Å². The van der Waals surface area contributed by atoms with Crippen LogP contribution in [0.1, 0.15) is 26.0 Å². The van der Waals surface area contributed by atoms with Gasteiger partial charge in [-0.05, 0) is 25.5 Å². The van der Waals surface area contributed by atoms with Gasteiger partial charge >= 0.3 is 0 Å². The average Bonchev–Trinajstić information content (AvgIpc) is 3.02. The van der Waals surface area contributed by atoms with Crippen molar-refractivity contribution in [3.8, 4) is 5.75 Å². The molecule has 0 amide bonds. The van der Waals surface area contributed by atoms with E-state index in [0.29, 0.717) is 0 Å². The van der Waals surface area contributed by atoms with Crippen molar-refractivity contribution >= 4 is 0 Å². The monoisotopic (exact) mass is 263 g/mol. The van der Waals surface area contributed by atoms with Crippen molar-refractivity contribution in [2.45, 2.75) is 39.5 Å². The summed E-state index contributed by atoms with van der Waals surface area (Å²) >= 11 is 0. The lowest BCUT2D eigenvalue weighted by Crippen LogP contribution is -2.28. The van der Waals surface area contributed by atoms with Crippen LogP contribution in [0.15, 0.2) is 35.2 Å². The highest BCUT2D eigenvalue weighted by Crippen LogP contribution is 2.10. The van der Waals surface area contributed by atoms with Crippen molar-refractivity contribution in [2.24, 2.45) is 0 Å². The molecule has 1 unspecified atom stereocenters. The summed E-state index contributed by atoms with van der Waals surface area (Å²) in [6, 6.07) is 3.84. The quantitative estimate of drug-likeness (QED) is 0.794. The molecule has 104 valence electrons. The number of nitrogens with zero attached hydrogens (tertiary/aromatic N) is 2. The van der Waals surface area contributed by atoms with Crippen LogP contribution < -0.4 is 10.1 Å². The van der Waals surface area contributed by atoms with Crippen molar-refractivity contribution in [3.05, 3.63) is 36.5 Å². The fourth-order valence-electron chi connectivity index (χ4n) is 1.84. The maximum atomic E-state index is 5.78. The van der Waals surface area contributed by atoms with E-state index in [0.717, 1.165) is 37.6 Å². The maximum absolute atomic E-state index is 5.78. The van der Waals surface area contributed by atoms with Crippen LogP contribution >= 0.6 is 0 Å². The first-order valence-corrected chi connectivity index (χ1v) is 6.70. The Kier molecular flexibility index (Phi) is 5.03. The van der Waals surface area contributed by atoms with Crippen molar-refractivity contribution < 1.29 is 9.15 Å². The van der Waals surface area contributed by atoms with Crippen LogP contribution in [0.5, 0.6) is 5.75 Å². The maximum Gasteiger partial charge on any atom is 0.157 e. The summed E-state index contributed by atoms with van der Waals surface area (Å²) < 4.78 is 12.9. The lowest BCUT2D eigenvalue weighted by molar-refractivity contribution is 0.215. The molecule has 0 radical (unpaired) electrons. The molecule has 2 aromatic rings. The average molecular weight is 263 g/mol. The van der Waals surface area contributed by atoms with E-state index in [-0.39, 0.29) is 6.10 Å². The topological polar surface area (TPSA) is 52.2 Å². The van der Waals surface area contributed by atoms with Gasteiger partial charge in [-0.15, -0.1) is 0 Å². The molecular weight excluding hydrogens is 242 g/mol. The molecule has 0 aliphatic carbocycles. The van der Waals surface area contributed by atoms with Gasteiger partial charge in [-0.1, -0.05) is 6.92 Å². The lowest BCUT2D eigenvalue weighted by atomic mass is 10.3. The van der Waals surface area contributed by atoms with Gasteiger partial charge in [0, 0.05) is 13.1 Å². The fraction of sp³-hybridized carbons (Fsp3) is 0.500. The molecule has 0 saturated heterocycles. The Morgan fingerprint density at radius 3 is 3.16 bits per heavy atom. The Morgan fingerprint density at radius 1 is 1.53 bits per heavy atom. The highest BCUT2D eigenvalue weighted by Gasteiger charge is 2.06. The second-order valence-corrected chi connectivity index (χ2v) is 4.58. The van der Waals surface area contributed by atoms with E-state index < -0.39 is 0 Å². The standard InChI is InChI=1S/C14H21N3O2/c1-3-6-17-11-14(10-16-17)19-12(2)8-15-9-13-5-4-7-18-13/h4-5,7,10-12,15H,3,6,8-9H2,1-2H3. The smallest absolute Gasteiger partial charge is 0.157 e. The third-order valence-electron chi connectivity index (χ3n) is 2.71. The molecule has 0 saturated carbocycles. The van der Waals surface area contributed by atoms with E-state index >= 15 is 0 Å². The van der Waals surface area contributed by atoms with Crippen LogP contribution in [0.4, 0.5) is 0 Å². The van der Waals surface area contributed by atoms with Crippen molar-refractivity contribution in [2.75, 3.05) is 6.54 Å². The zero-order valence-corrected chi connectivity index (χ0v) is 11.5. The van der Waals surface area contributed by atoms with E-state index in [1.807, 2.05) is 29.9 Å². The predicted molar refractivity (Wildman–Crippen MR) is 73.0 cm³/mol. The zero-order valence-electron chi connectivity index (χ0n) is 11.5. The van der Waals surface area contributed by atoms with E-state index in [9.17, 15) is 0 Å². The number of hydrogen-bond acceptors (Lipinski definition) is 4. The summed E-state index contributed by atoms with van der Waals surface area (Å²) in [5.74, 6) is 1.75. The minimum Gasteiger partial charge on any atom is -0.486 e. The Labute approximate surface area is 113 Å². The van der Waals surface area contributed by atoms with Crippen LogP contribution in [-0.2, 0) is 13.1 Å². The van der Waals surface area contributed by atoms with Crippen molar-refractivity contribution in [1.82, 2.24) is 15.1 Å². The highest BCUT2D eigenvalue weighted by atomic mass is 16.5. The lowest BCUT2D eigenvalue weighted by Gasteiger charge is -2.13. The van der Waals surface area contributed by atoms with Crippen LogP contribution in [-0.4, -0.2) is 22.4 Å². The zero-order chi connectivity index (χ0) is 13.5. The predicted octanol–water partition coefficient (Wildman–Crippen LogP) is 2.44. The van der Waals surface area contributed by atoms with E-state index in [1.54, 1.807) is 12.5 Å². The third-order valence-corrected chi connectivity index (χ3v) is 2.71. The van der Waals surface area contributed by atoms with Gasteiger partial charge < -0.3 is 14.5 Å². The van der Waals surface area contributed by atoms with Crippen molar-refractivity contribution in [1.29, 1.82) is 0 Å².